The molecular formula is C12H14N4O2. The lowest BCUT2D eigenvalue weighted by atomic mass is 10.2. The minimum Gasteiger partial charge on any atom is -0.478 e. The Kier molecular flexibility index (Phi) is 3.42. The summed E-state index contributed by atoms with van der Waals surface area (Å²) in [5.41, 5.74) is 0.574. The summed E-state index contributed by atoms with van der Waals surface area (Å²) in [6.07, 6.45) is 3.91. The van der Waals surface area contributed by atoms with Gasteiger partial charge in [0.05, 0.1) is 23.7 Å². The molecule has 0 atom stereocenters. The fraction of sp³-hybridized carbons (Fsp3) is 0.500. The molecule has 0 amide bonds. The van der Waals surface area contributed by atoms with Gasteiger partial charge in [0.15, 0.2) is 0 Å². The van der Waals surface area contributed by atoms with Crippen LogP contribution in [0.1, 0.15) is 35.3 Å². The normalized spacial score (nSPS) is 14.0. The largest absolute Gasteiger partial charge is 0.478 e. The van der Waals surface area contributed by atoms with Gasteiger partial charge in [-0.15, -0.1) is 0 Å². The molecule has 1 N–H and O–H groups in total. The molecule has 0 radical (unpaired) electrons. The van der Waals surface area contributed by atoms with E-state index in [1.165, 1.54) is 6.20 Å². The van der Waals surface area contributed by atoms with Crippen molar-refractivity contribution in [3.05, 3.63) is 17.5 Å². The van der Waals surface area contributed by atoms with Crippen molar-refractivity contribution in [1.82, 2.24) is 9.97 Å². The maximum atomic E-state index is 10.9. The van der Waals surface area contributed by atoms with E-state index in [1.807, 2.05) is 4.90 Å². The number of aryl methyl sites for hydroxylation is 1. The first-order valence-electron chi connectivity index (χ1n) is 5.84. The number of aromatic nitrogens is 2. The van der Waals surface area contributed by atoms with Crippen molar-refractivity contribution < 1.29 is 9.90 Å². The van der Waals surface area contributed by atoms with Gasteiger partial charge in [-0.2, -0.15) is 5.26 Å². The van der Waals surface area contributed by atoms with Crippen molar-refractivity contribution in [2.45, 2.75) is 32.2 Å². The second kappa shape index (κ2) is 5.00. The van der Waals surface area contributed by atoms with Crippen LogP contribution in [0.15, 0.2) is 6.20 Å². The number of carboxylic acid groups (broad SMARTS) is 1. The molecule has 0 aromatic carbocycles. The molecule has 1 aliphatic rings. The average molecular weight is 246 g/mol. The van der Waals surface area contributed by atoms with Crippen LogP contribution >= 0.6 is 0 Å². The molecule has 0 saturated heterocycles. The number of rotatable bonds is 5. The first kappa shape index (κ1) is 12.3. The topological polar surface area (TPSA) is 90.1 Å². The lowest BCUT2D eigenvalue weighted by molar-refractivity contribution is 0.0695. The van der Waals surface area contributed by atoms with E-state index < -0.39 is 5.97 Å². The van der Waals surface area contributed by atoms with Crippen LogP contribution in [0.3, 0.4) is 0 Å². The van der Waals surface area contributed by atoms with Crippen molar-refractivity contribution in [2.75, 3.05) is 11.4 Å². The van der Waals surface area contributed by atoms with Gasteiger partial charge in [0.1, 0.15) is 0 Å². The van der Waals surface area contributed by atoms with Crippen LogP contribution in [0.5, 0.6) is 0 Å². The number of carbonyl (C=O) groups is 1. The Balaban J connectivity index is 2.23. The molecule has 1 aliphatic carbocycles. The molecule has 1 aromatic rings. The van der Waals surface area contributed by atoms with Crippen molar-refractivity contribution in [3.63, 3.8) is 0 Å². The van der Waals surface area contributed by atoms with Crippen LogP contribution in [0.25, 0.3) is 0 Å². The molecule has 0 spiro atoms. The van der Waals surface area contributed by atoms with E-state index in [1.54, 1.807) is 6.92 Å². The van der Waals surface area contributed by atoms with Crippen molar-refractivity contribution in [1.29, 1.82) is 5.26 Å². The van der Waals surface area contributed by atoms with Crippen molar-refractivity contribution in [2.24, 2.45) is 0 Å². The highest BCUT2D eigenvalue weighted by Crippen LogP contribution is 2.29. The van der Waals surface area contributed by atoms with E-state index in [9.17, 15) is 4.79 Å². The first-order valence-corrected chi connectivity index (χ1v) is 5.84. The molecule has 0 bridgehead atoms. The lowest BCUT2D eigenvalue weighted by Crippen LogP contribution is -2.29. The second-order valence-electron chi connectivity index (χ2n) is 4.31. The van der Waals surface area contributed by atoms with Crippen LogP contribution in [-0.2, 0) is 0 Å². The molecule has 1 saturated carbocycles. The Morgan fingerprint density at radius 1 is 1.67 bits per heavy atom. The highest BCUT2D eigenvalue weighted by Gasteiger charge is 2.30. The summed E-state index contributed by atoms with van der Waals surface area (Å²) in [5, 5.41) is 17.6. The Bertz CT molecular complexity index is 505. The van der Waals surface area contributed by atoms with Gasteiger partial charge in [-0.25, -0.2) is 14.8 Å². The number of anilines is 1. The molecule has 0 aliphatic heterocycles. The molecular weight excluding hydrogens is 232 g/mol. The van der Waals surface area contributed by atoms with E-state index in [0.29, 0.717) is 30.6 Å². The standard InChI is InChI=1S/C12H14N4O2/c1-8-10(11(17)18)7-14-12(15-8)16(6-2-5-13)9-3-4-9/h7,9H,2-4,6H2,1H3,(H,17,18). The van der Waals surface area contributed by atoms with Crippen molar-refractivity contribution in [3.8, 4) is 6.07 Å². The van der Waals surface area contributed by atoms with Gasteiger partial charge < -0.3 is 10.0 Å². The summed E-state index contributed by atoms with van der Waals surface area (Å²) < 4.78 is 0. The predicted molar refractivity (Wildman–Crippen MR) is 64.3 cm³/mol. The van der Waals surface area contributed by atoms with Gasteiger partial charge in [0.25, 0.3) is 0 Å². The SMILES string of the molecule is Cc1nc(N(CCC#N)C2CC2)ncc1C(=O)O. The van der Waals surface area contributed by atoms with Crippen LogP contribution in [0, 0.1) is 18.3 Å². The summed E-state index contributed by atoms with van der Waals surface area (Å²) in [5.74, 6) is -0.496. The van der Waals surface area contributed by atoms with E-state index in [-0.39, 0.29) is 5.56 Å². The number of hydrogen-bond acceptors (Lipinski definition) is 5. The number of carboxylic acids is 1. The predicted octanol–water partition coefficient (Wildman–Crippen LogP) is 1.37. The van der Waals surface area contributed by atoms with E-state index in [2.05, 4.69) is 16.0 Å². The van der Waals surface area contributed by atoms with Gasteiger partial charge in [0, 0.05) is 18.8 Å². The zero-order valence-corrected chi connectivity index (χ0v) is 10.1. The average Bonchev–Trinajstić information content (AvgIpc) is 3.13. The maximum absolute atomic E-state index is 10.9. The summed E-state index contributed by atoms with van der Waals surface area (Å²) >= 11 is 0. The minimum atomic E-state index is -1.02. The van der Waals surface area contributed by atoms with E-state index >= 15 is 0 Å². The smallest absolute Gasteiger partial charge is 0.339 e. The molecule has 1 aromatic heterocycles. The Morgan fingerprint density at radius 3 is 2.89 bits per heavy atom. The third-order valence-corrected chi connectivity index (χ3v) is 2.91. The Labute approximate surface area is 105 Å². The van der Waals surface area contributed by atoms with Crippen LogP contribution < -0.4 is 4.90 Å². The molecule has 6 nitrogen and oxygen atoms in total. The zero-order valence-electron chi connectivity index (χ0n) is 10.1. The van der Waals surface area contributed by atoms with Gasteiger partial charge in [-0.05, 0) is 19.8 Å². The summed E-state index contributed by atoms with van der Waals surface area (Å²) in [6, 6.07) is 2.50. The number of hydrogen-bond donors (Lipinski definition) is 1. The Hall–Kier alpha value is -2.16. The molecule has 1 heterocycles. The Morgan fingerprint density at radius 2 is 2.39 bits per heavy atom. The first-order chi connectivity index (χ1) is 8.63. The molecule has 0 unspecified atom stereocenters. The van der Waals surface area contributed by atoms with Gasteiger partial charge in [-0.1, -0.05) is 0 Å². The molecule has 2 rings (SSSR count). The van der Waals surface area contributed by atoms with Gasteiger partial charge in [-0.3, -0.25) is 0 Å². The third kappa shape index (κ3) is 2.56. The number of aromatic carboxylic acids is 1. The minimum absolute atomic E-state index is 0.120. The molecule has 6 heteroatoms. The van der Waals surface area contributed by atoms with Crippen LogP contribution in [-0.4, -0.2) is 33.6 Å². The molecule has 1 fully saturated rings. The fourth-order valence-electron chi connectivity index (χ4n) is 1.81. The highest BCUT2D eigenvalue weighted by atomic mass is 16.4. The molecule has 18 heavy (non-hydrogen) atoms. The second-order valence-corrected chi connectivity index (χ2v) is 4.31. The summed E-state index contributed by atoms with van der Waals surface area (Å²) in [7, 11) is 0. The van der Waals surface area contributed by atoms with Crippen LogP contribution in [0.2, 0.25) is 0 Å². The molecule has 94 valence electrons. The van der Waals surface area contributed by atoms with E-state index in [0.717, 1.165) is 12.8 Å². The van der Waals surface area contributed by atoms with Crippen LogP contribution in [0.4, 0.5) is 5.95 Å². The van der Waals surface area contributed by atoms with Gasteiger partial charge >= 0.3 is 5.97 Å². The van der Waals surface area contributed by atoms with E-state index in [4.69, 9.17) is 10.4 Å². The monoisotopic (exact) mass is 246 g/mol. The lowest BCUT2D eigenvalue weighted by Gasteiger charge is -2.21. The summed E-state index contributed by atoms with van der Waals surface area (Å²) in [6.45, 7) is 2.25. The van der Waals surface area contributed by atoms with Gasteiger partial charge in [0.2, 0.25) is 5.95 Å². The third-order valence-electron chi connectivity index (χ3n) is 2.91. The fourth-order valence-corrected chi connectivity index (χ4v) is 1.81. The zero-order chi connectivity index (χ0) is 13.1. The number of nitrogens with zero attached hydrogens (tertiary/aromatic N) is 4. The van der Waals surface area contributed by atoms with Crippen molar-refractivity contribution >= 4 is 11.9 Å². The summed E-state index contributed by atoms with van der Waals surface area (Å²) in [4.78, 5) is 21.2. The maximum Gasteiger partial charge on any atom is 0.339 e. The quantitative estimate of drug-likeness (QED) is 0.843. The number of nitriles is 1. The highest BCUT2D eigenvalue weighted by molar-refractivity contribution is 5.88.